The van der Waals surface area contributed by atoms with Crippen LogP contribution in [0, 0.1) is 17.3 Å². The number of amides is 3. The van der Waals surface area contributed by atoms with Gasteiger partial charge in [0, 0.05) is 46.9 Å². The van der Waals surface area contributed by atoms with Gasteiger partial charge in [0.1, 0.15) is 0 Å². The standard InChI is InChI=1S/C33H55N3O3/c1-12-14-28(37)35(32(6,7)8)26-20-25(21-27(22-26)36(33(9,10)11)29(38)15-13-2)34-30(39)23-16-18-24(19-17-23)31(3,4)5/h20-24H,12-19H2,1-11H3,(H,34,39)/t23-,24-. The molecule has 1 aliphatic rings. The van der Waals surface area contributed by atoms with Gasteiger partial charge >= 0.3 is 0 Å². The van der Waals surface area contributed by atoms with Gasteiger partial charge in [-0.3, -0.25) is 14.4 Å². The minimum Gasteiger partial charge on any atom is -0.326 e. The Hall–Kier alpha value is -2.37. The lowest BCUT2D eigenvalue weighted by atomic mass is 9.69. The third-order valence-electron chi connectivity index (χ3n) is 7.78. The van der Waals surface area contributed by atoms with Crippen molar-refractivity contribution >= 4 is 34.8 Å². The van der Waals surface area contributed by atoms with Crippen molar-refractivity contribution in [3.8, 4) is 0 Å². The zero-order valence-corrected chi connectivity index (χ0v) is 26.7. The van der Waals surface area contributed by atoms with Gasteiger partial charge < -0.3 is 15.1 Å². The van der Waals surface area contributed by atoms with Crippen LogP contribution in [0.25, 0.3) is 0 Å². The average molecular weight is 542 g/mol. The van der Waals surface area contributed by atoms with Crippen molar-refractivity contribution in [1.82, 2.24) is 0 Å². The number of nitrogens with zero attached hydrogens (tertiary/aromatic N) is 2. The van der Waals surface area contributed by atoms with Gasteiger partial charge in [-0.2, -0.15) is 0 Å². The molecule has 0 aliphatic heterocycles. The second-order valence-electron chi connectivity index (χ2n) is 14.4. The quantitative estimate of drug-likeness (QED) is 0.359. The molecule has 6 heteroatoms. The third kappa shape index (κ3) is 8.81. The van der Waals surface area contributed by atoms with Gasteiger partial charge in [-0.15, -0.1) is 0 Å². The minimum atomic E-state index is -0.475. The molecule has 6 nitrogen and oxygen atoms in total. The summed E-state index contributed by atoms with van der Waals surface area (Å²) in [5, 5.41) is 3.19. The molecular formula is C33H55N3O3. The Morgan fingerprint density at radius 3 is 1.46 bits per heavy atom. The maximum absolute atomic E-state index is 13.5. The topological polar surface area (TPSA) is 69.7 Å². The van der Waals surface area contributed by atoms with E-state index in [0.717, 1.165) is 38.5 Å². The van der Waals surface area contributed by atoms with Crippen molar-refractivity contribution in [2.45, 2.75) is 139 Å². The van der Waals surface area contributed by atoms with E-state index in [4.69, 9.17) is 0 Å². The van der Waals surface area contributed by atoms with Crippen molar-refractivity contribution < 1.29 is 14.4 Å². The first kappa shape index (κ1) is 32.8. The number of anilines is 3. The van der Waals surface area contributed by atoms with Gasteiger partial charge in [-0.1, -0.05) is 34.6 Å². The van der Waals surface area contributed by atoms with E-state index in [1.807, 2.05) is 83.4 Å². The first-order chi connectivity index (χ1) is 17.9. The van der Waals surface area contributed by atoms with Crippen LogP contribution in [-0.4, -0.2) is 28.8 Å². The van der Waals surface area contributed by atoms with Gasteiger partial charge in [0.15, 0.2) is 0 Å². The second-order valence-corrected chi connectivity index (χ2v) is 14.4. The predicted octanol–water partition coefficient (Wildman–Crippen LogP) is 8.34. The van der Waals surface area contributed by atoms with Crippen molar-refractivity contribution in [1.29, 1.82) is 0 Å². The number of benzene rings is 1. The summed E-state index contributed by atoms with van der Waals surface area (Å²) >= 11 is 0. The average Bonchev–Trinajstić information content (AvgIpc) is 2.77. The van der Waals surface area contributed by atoms with E-state index < -0.39 is 11.1 Å². The zero-order chi connectivity index (χ0) is 29.8. The van der Waals surface area contributed by atoms with Crippen LogP contribution >= 0.6 is 0 Å². The lowest BCUT2D eigenvalue weighted by Gasteiger charge is -2.39. The maximum Gasteiger partial charge on any atom is 0.227 e. The summed E-state index contributed by atoms with van der Waals surface area (Å²) < 4.78 is 0. The van der Waals surface area contributed by atoms with Gasteiger partial charge in [-0.05, 0) is 110 Å². The SMILES string of the molecule is CCCC(=O)N(c1cc(NC(=O)[C@H]2CC[C@H](C(C)(C)C)CC2)cc(N(C(=O)CCC)C(C)(C)C)c1)C(C)(C)C. The summed E-state index contributed by atoms with van der Waals surface area (Å²) in [4.78, 5) is 43.8. The molecule has 0 heterocycles. The summed E-state index contributed by atoms with van der Waals surface area (Å²) in [5.41, 5.74) is 1.33. The molecule has 0 spiro atoms. The zero-order valence-electron chi connectivity index (χ0n) is 26.7. The molecule has 220 valence electrons. The van der Waals surface area contributed by atoms with E-state index >= 15 is 0 Å². The summed E-state index contributed by atoms with van der Waals surface area (Å²) in [7, 11) is 0. The normalized spacial score (nSPS) is 18.4. The van der Waals surface area contributed by atoms with Crippen LogP contribution < -0.4 is 15.1 Å². The highest BCUT2D eigenvalue weighted by atomic mass is 16.2. The molecule has 0 bridgehead atoms. The summed E-state index contributed by atoms with van der Waals surface area (Å²) in [6.45, 7) is 23.0. The molecular weight excluding hydrogens is 486 g/mol. The highest BCUT2D eigenvalue weighted by Gasteiger charge is 2.34. The molecule has 1 saturated carbocycles. The fourth-order valence-corrected chi connectivity index (χ4v) is 5.85. The number of hydrogen-bond donors (Lipinski definition) is 1. The van der Waals surface area contributed by atoms with Gasteiger partial charge in [0.25, 0.3) is 0 Å². The molecule has 0 aromatic heterocycles. The number of nitrogens with one attached hydrogen (secondary N) is 1. The molecule has 3 amide bonds. The van der Waals surface area contributed by atoms with Gasteiger partial charge in [0.05, 0.1) is 0 Å². The van der Waals surface area contributed by atoms with Crippen LogP contribution in [0.15, 0.2) is 18.2 Å². The van der Waals surface area contributed by atoms with Crippen LogP contribution in [-0.2, 0) is 14.4 Å². The highest BCUT2D eigenvalue weighted by molar-refractivity contribution is 6.01. The Balaban J connectivity index is 2.55. The molecule has 0 radical (unpaired) electrons. The summed E-state index contributed by atoms with van der Waals surface area (Å²) in [6.07, 6.45) is 6.22. The van der Waals surface area contributed by atoms with Crippen LogP contribution in [0.1, 0.15) is 128 Å². The maximum atomic E-state index is 13.5. The van der Waals surface area contributed by atoms with Gasteiger partial charge in [0.2, 0.25) is 17.7 Å². The van der Waals surface area contributed by atoms with Crippen molar-refractivity contribution in [3.05, 3.63) is 18.2 Å². The number of rotatable bonds is 8. The monoisotopic (exact) mass is 541 g/mol. The Kier molecular flexibility index (Phi) is 10.8. The van der Waals surface area contributed by atoms with E-state index in [-0.39, 0.29) is 29.1 Å². The summed E-state index contributed by atoms with van der Waals surface area (Å²) in [5.74, 6) is 0.682. The van der Waals surface area contributed by atoms with E-state index in [2.05, 4.69) is 26.1 Å². The van der Waals surface area contributed by atoms with Crippen LogP contribution in [0.3, 0.4) is 0 Å². The molecule has 0 unspecified atom stereocenters. The fourth-order valence-electron chi connectivity index (χ4n) is 5.85. The molecule has 1 aromatic rings. The molecule has 2 rings (SSSR count). The van der Waals surface area contributed by atoms with Crippen LogP contribution in [0.2, 0.25) is 0 Å². The Morgan fingerprint density at radius 2 is 1.13 bits per heavy atom. The first-order valence-corrected chi connectivity index (χ1v) is 15.0. The third-order valence-corrected chi connectivity index (χ3v) is 7.78. The van der Waals surface area contributed by atoms with Crippen molar-refractivity contribution in [2.75, 3.05) is 15.1 Å². The number of hydrogen-bond acceptors (Lipinski definition) is 3. The molecule has 1 aromatic carbocycles. The lowest BCUT2D eigenvalue weighted by Crippen LogP contribution is -2.47. The van der Waals surface area contributed by atoms with Crippen LogP contribution in [0.4, 0.5) is 17.1 Å². The largest absolute Gasteiger partial charge is 0.326 e. The lowest BCUT2D eigenvalue weighted by molar-refractivity contribution is -0.121. The Morgan fingerprint density at radius 1 is 0.718 bits per heavy atom. The van der Waals surface area contributed by atoms with E-state index in [1.54, 1.807) is 0 Å². The molecule has 0 atom stereocenters. The van der Waals surface area contributed by atoms with Gasteiger partial charge in [-0.25, -0.2) is 0 Å². The Bertz CT molecular complexity index is 948. The Labute approximate surface area is 238 Å². The molecule has 39 heavy (non-hydrogen) atoms. The predicted molar refractivity (Wildman–Crippen MR) is 164 cm³/mol. The minimum absolute atomic E-state index is 0.0230. The highest BCUT2D eigenvalue weighted by Crippen LogP contribution is 2.41. The van der Waals surface area contributed by atoms with Crippen LogP contribution in [0.5, 0.6) is 0 Å². The molecule has 1 aliphatic carbocycles. The molecule has 1 N–H and O–H groups in total. The van der Waals surface area contributed by atoms with E-state index in [0.29, 0.717) is 35.8 Å². The van der Waals surface area contributed by atoms with E-state index in [1.165, 1.54) is 0 Å². The molecule has 1 fully saturated rings. The number of carbonyl (C=O) groups is 3. The number of carbonyl (C=O) groups excluding carboxylic acids is 3. The van der Waals surface area contributed by atoms with Crippen molar-refractivity contribution in [2.24, 2.45) is 17.3 Å². The van der Waals surface area contributed by atoms with Crippen molar-refractivity contribution in [3.63, 3.8) is 0 Å². The fraction of sp³-hybridized carbons (Fsp3) is 0.727. The van der Waals surface area contributed by atoms with E-state index in [9.17, 15) is 14.4 Å². The molecule has 0 saturated heterocycles. The smallest absolute Gasteiger partial charge is 0.227 e. The first-order valence-electron chi connectivity index (χ1n) is 15.0. The second kappa shape index (κ2) is 12.9. The summed E-state index contributed by atoms with van der Waals surface area (Å²) in [6, 6.07) is 5.72.